The summed E-state index contributed by atoms with van der Waals surface area (Å²) >= 11 is 0. The van der Waals surface area contributed by atoms with E-state index in [1.54, 1.807) is 0 Å². The lowest BCUT2D eigenvalue weighted by molar-refractivity contribution is 1.24. The van der Waals surface area contributed by atoms with Gasteiger partial charge in [-0.25, -0.2) is 0 Å². The predicted octanol–water partition coefficient (Wildman–Crippen LogP) is 0.550. The highest BCUT2D eigenvalue weighted by Gasteiger charge is 1.61. The Bertz CT molecular complexity index is 64.1. The maximum absolute atomic E-state index is 4.94. The third-order valence-electron chi connectivity index (χ3n) is 0.552. The molecule has 0 rings (SSSR count). The first kappa shape index (κ1) is 6.21. The van der Waals surface area contributed by atoms with E-state index in [0.717, 1.165) is 0 Å². The number of allylic oxidation sites excluding steroid dienone is 1. The van der Waals surface area contributed by atoms with Crippen LogP contribution in [0.3, 0.4) is 0 Å². The predicted molar refractivity (Wildman–Crippen MR) is 32.4 cm³/mol. The molecule has 2 N–H and O–H groups in total. The van der Waals surface area contributed by atoms with Crippen LogP contribution in [0.1, 0.15) is 6.92 Å². The zero-order valence-electron chi connectivity index (χ0n) is 4.46. The Kier molecular flexibility index (Phi) is 4.62. The van der Waals surface area contributed by atoms with Crippen molar-refractivity contribution in [1.29, 1.82) is 0 Å². The minimum Gasteiger partial charge on any atom is -0.390 e. The van der Waals surface area contributed by atoms with Crippen LogP contribution < -0.4 is 5.73 Å². The monoisotopic (exact) mass is 98.1 g/mol. The summed E-state index contributed by atoms with van der Waals surface area (Å²) in [5.41, 5.74) is 4.94. The van der Waals surface area contributed by atoms with Gasteiger partial charge >= 0.3 is 0 Å². The summed E-state index contributed by atoms with van der Waals surface area (Å²) in [6, 6.07) is 0. The van der Waals surface area contributed by atoms with Crippen LogP contribution in [0.15, 0.2) is 17.1 Å². The Hall–Kier alpha value is -0.790. The van der Waals surface area contributed by atoms with Gasteiger partial charge in [-0.15, -0.1) is 0 Å². The minimum atomic E-state index is 0.701. The first-order valence-corrected chi connectivity index (χ1v) is 2.23. The van der Waals surface area contributed by atoms with Gasteiger partial charge in [0.05, 0.1) is 12.9 Å². The topological polar surface area (TPSA) is 38.4 Å². The number of nitrogens with two attached hydrogens (primary N) is 1. The van der Waals surface area contributed by atoms with Crippen molar-refractivity contribution in [2.24, 2.45) is 10.7 Å². The molecule has 0 unspecified atom stereocenters. The van der Waals surface area contributed by atoms with Gasteiger partial charge in [-0.2, -0.15) is 0 Å². The molecule has 2 heteroatoms. The van der Waals surface area contributed by atoms with E-state index in [1.165, 1.54) is 6.34 Å². The summed E-state index contributed by atoms with van der Waals surface area (Å²) in [5.74, 6) is 0. The van der Waals surface area contributed by atoms with Crippen molar-refractivity contribution in [2.75, 3.05) is 6.54 Å². The third kappa shape index (κ3) is 5.21. The second-order valence-corrected chi connectivity index (χ2v) is 1.08. The molecule has 0 heterocycles. The molecule has 7 heavy (non-hydrogen) atoms. The normalized spacial score (nSPS) is 11.6. The minimum absolute atomic E-state index is 0.701. The molecule has 0 aliphatic rings. The highest BCUT2D eigenvalue weighted by molar-refractivity contribution is 5.51. The van der Waals surface area contributed by atoms with Crippen molar-refractivity contribution in [3.63, 3.8) is 0 Å². The third-order valence-corrected chi connectivity index (χ3v) is 0.552. The highest BCUT2D eigenvalue weighted by atomic mass is 14.8. The standard InChI is InChI=1S/C5H10N2/c1-2-3-4-7-5-6/h2-3,5H,4H2,1H3,(H2,6,7)/b3-2-. The molecule has 0 atom stereocenters. The van der Waals surface area contributed by atoms with Crippen molar-refractivity contribution in [3.05, 3.63) is 12.2 Å². The molecular weight excluding hydrogens is 88.1 g/mol. The number of nitrogens with zero attached hydrogens (tertiary/aromatic N) is 1. The van der Waals surface area contributed by atoms with Gasteiger partial charge in [0, 0.05) is 0 Å². The summed E-state index contributed by atoms with van der Waals surface area (Å²) in [7, 11) is 0. The van der Waals surface area contributed by atoms with Crippen molar-refractivity contribution in [2.45, 2.75) is 6.92 Å². The molecule has 0 aromatic heterocycles. The fourth-order valence-electron chi connectivity index (χ4n) is 0.227. The van der Waals surface area contributed by atoms with Gasteiger partial charge in [-0.1, -0.05) is 12.2 Å². The maximum Gasteiger partial charge on any atom is 0.0801 e. The Morgan fingerprint density at radius 3 is 2.86 bits per heavy atom. The fourth-order valence-corrected chi connectivity index (χ4v) is 0.227. The molecule has 0 aliphatic heterocycles. The van der Waals surface area contributed by atoms with Gasteiger partial charge in [-0.05, 0) is 6.92 Å². The summed E-state index contributed by atoms with van der Waals surface area (Å²) in [4.78, 5) is 3.73. The SMILES string of the molecule is C/C=C\C/N=C\N. The number of hydrogen-bond acceptors (Lipinski definition) is 1. The lowest BCUT2D eigenvalue weighted by Gasteiger charge is -1.75. The zero-order valence-corrected chi connectivity index (χ0v) is 4.46. The van der Waals surface area contributed by atoms with E-state index in [1.807, 2.05) is 19.1 Å². The van der Waals surface area contributed by atoms with Crippen LogP contribution in [-0.2, 0) is 0 Å². The van der Waals surface area contributed by atoms with Crippen LogP contribution in [-0.4, -0.2) is 12.9 Å². The molecule has 0 spiro atoms. The number of rotatable bonds is 2. The van der Waals surface area contributed by atoms with Crippen LogP contribution in [0.5, 0.6) is 0 Å². The first-order valence-electron chi connectivity index (χ1n) is 2.23. The van der Waals surface area contributed by atoms with Crippen LogP contribution in [0.2, 0.25) is 0 Å². The molecule has 0 saturated heterocycles. The van der Waals surface area contributed by atoms with Gasteiger partial charge in [0.25, 0.3) is 0 Å². The van der Waals surface area contributed by atoms with Crippen molar-refractivity contribution >= 4 is 6.34 Å². The van der Waals surface area contributed by atoms with Crippen LogP contribution >= 0.6 is 0 Å². The maximum atomic E-state index is 4.94. The summed E-state index contributed by atoms with van der Waals surface area (Å²) < 4.78 is 0. The summed E-state index contributed by atoms with van der Waals surface area (Å²) in [5, 5.41) is 0. The first-order chi connectivity index (χ1) is 3.41. The van der Waals surface area contributed by atoms with E-state index in [4.69, 9.17) is 5.73 Å². The Morgan fingerprint density at radius 1 is 1.71 bits per heavy atom. The van der Waals surface area contributed by atoms with Crippen LogP contribution in [0.4, 0.5) is 0 Å². The van der Waals surface area contributed by atoms with Gasteiger partial charge in [0.15, 0.2) is 0 Å². The van der Waals surface area contributed by atoms with Gasteiger partial charge < -0.3 is 5.73 Å². The van der Waals surface area contributed by atoms with E-state index in [-0.39, 0.29) is 0 Å². The molecular formula is C5H10N2. The van der Waals surface area contributed by atoms with Crippen LogP contribution in [0.25, 0.3) is 0 Å². The van der Waals surface area contributed by atoms with E-state index in [2.05, 4.69) is 4.99 Å². The van der Waals surface area contributed by atoms with E-state index >= 15 is 0 Å². The van der Waals surface area contributed by atoms with Crippen molar-refractivity contribution in [1.82, 2.24) is 0 Å². The molecule has 0 bridgehead atoms. The second-order valence-electron chi connectivity index (χ2n) is 1.08. The molecule has 0 aliphatic carbocycles. The van der Waals surface area contributed by atoms with Crippen molar-refractivity contribution in [3.8, 4) is 0 Å². The molecule has 0 aromatic rings. The number of hydrogen-bond donors (Lipinski definition) is 1. The summed E-state index contributed by atoms with van der Waals surface area (Å²) in [6.45, 7) is 2.65. The lowest BCUT2D eigenvalue weighted by atomic mass is 10.5. The molecule has 0 radical (unpaired) electrons. The average molecular weight is 98.1 g/mol. The quantitative estimate of drug-likeness (QED) is 0.306. The van der Waals surface area contributed by atoms with Crippen molar-refractivity contribution < 1.29 is 0 Å². The average Bonchev–Trinajstić information content (AvgIpc) is 1.69. The van der Waals surface area contributed by atoms with Crippen LogP contribution in [0, 0.1) is 0 Å². The lowest BCUT2D eigenvalue weighted by Crippen LogP contribution is -1.88. The summed E-state index contributed by atoms with van der Waals surface area (Å²) in [6.07, 6.45) is 5.18. The number of aliphatic imine (C=N–C) groups is 1. The smallest absolute Gasteiger partial charge is 0.0801 e. The van der Waals surface area contributed by atoms with E-state index in [9.17, 15) is 0 Å². The Balaban J connectivity index is 2.98. The van der Waals surface area contributed by atoms with E-state index < -0.39 is 0 Å². The molecule has 0 aromatic carbocycles. The molecule has 40 valence electrons. The highest BCUT2D eigenvalue weighted by Crippen LogP contribution is 1.69. The van der Waals surface area contributed by atoms with Gasteiger partial charge in [0.2, 0.25) is 0 Å². The second kappa shape index (κ2) is 5.21. The molecule has 0 amide bonds. The Labute approximate surface area is 43.7 Å². The zero-order chi connectivity index (χ0) is 5.54. The Morgan fingerprint density at radius 2 is 2.43 bits per heavy atom. The van der Waals surface area contributed by atoms with Gasteiger partial charge in [0.1, 0.15) is 0 Å². The molecule has 0 fully saturated rings. The molecule has 2 nitrogen and oxygen atoms in total. The van der Waals surface area contributed by atoms with Gasteiger partial charge in [-0.3, -0.25) is 4.99 Å². The van der Waals surface area contributed by atoms with E-state index in [0.29, 0.717) is 6.54 Å². The largest absolute Gasteiger partial charge is 0.390 e. The molecule has 0 saturated carbocycles. The fraction of sp³-hybridized carbons (Fsp3) is 0.400.